The summed E-state index contributed by atoms with van der Waals surface area (Å²) < 4.78 is 5.37. The Hall–Kier alpha value is -6.91. The lowest BCUT2D eigenvalue weighted by atomic mass is 9.70. The van der Waals surface area contributed by atoms with E-state index < -0.39 is 0 Å². The van der Waals surface area contributed by atoms with E-state index in [9.17, 15) is 4.79 Å². The Kier molecular flexibility index (Phi) is 8.71. The second-order valence-electron chi connectivity index (χ2n) is 16.0. The highest BCUT2D eigenvalue weighted by molar-refractivity contribution is 6.32. The lowest BCUT2D eigenvalue weighted by Gasteiger charge is -2.37. The molecule has 0 spiro atoms. The van der Waals surface area contributed by atoms with Gasteiger partial charge in [0.15, 0.2) is 0 Å². The first-order valence-corrected chi connectivity index (χ1v) is 20.3. The third kappa shape index (κ3) is 5.87. The lowest BCUT2D eigenvalue weighted by Crippen LogP contribution is -2.24. The second kappa shape index (κ2) is 14.2. The SMILES string of the molecule is CCOC(=O)c1ccc(-c2cc(N(c3ccccc3)c3ccccc3)c3cc4c5c(cc(N(c6ccccc6)c6ccccc6)c6ccc2c3c65)CCC4(C)C)cc1. The maximum atomic E-state index is 12.8. The highest BCUT2D eigenvalue weighted by Crippen LogP contribution is 2.54. The number of nitrogens with zero attached hydrogens (tertiary/aromatic N) is 2. The van der Waals surface area contributed by atoms with Crippen molar-refractivity contribution >= 4 is 72.4 Å². The summed E-state index contributed by atoms with van der Waals surface area (Å²) in [4.78, 5) is 17.6. The standard InChI is InChI=1S/C54H44N2O2/c1-4-58-53(57)37-27-25-36(26-28-37)45-35-49(56(41-21-13-7-14-22-41)42-23-15-8-16-24-42)46-34-47-50-38(31-32-54(47,2)3)33-48(44-30-29-43(45)51(46)52(44)50)55(39-17-9-5-10-18-39)40-19-11-6-12-20-40/h5-30,33-35H,4,31-32H2,1-3H3. The van der Waals surface area contributed by atoms with Crippen molar-refractivity contribution in [3.63, 3.8) is 0 Å². The first kappa shape index (κ1) is 35.5. The largest absolute Gasteiger partial charge is 0.462 e. The highest BCUT2D eigenvalue weighted by Gasteiger charge is 2.34. The van der Waals surface area contributed by atoms with Crippen LogP contribution in [0.5, 0.6) is 0 Å². The molecule has 0 saturated heterocycles. The number of hydrogen-bond acceptors (Lipinski definition) is 4. The number of aryl methyl sites for hydroxylation is 1. The molecule has 9 aromatic rings. The molecule has 4 heteroatoms. The van der Waals surface area contributed by atoms with Crippen LogP contribution in [0.25, 0.3) is 43.4 Å². The maximum Gasteiger partial charge on any atom is 0.338 e. The molecule has 0 saturated carbocycles. The van der Waals surface area contributed by atoms with Crippen LogP contribution in [0.3, 0.4) is 0 Å². The van der Waals surface area contributed by atoms with E-state index in [4.69, 9.17) is 4.74 Å². The fourth-order valence-corrected chi connectivity index (χ4v) is 9.23. The average Bonchev–Trinajstić information content (AvgIpc) is 3.27. The molecular weight excluding hydrogens is 709 g/mol. The first-order chi connectivity index (χ1) is 28.4. The summed E-state index contributed by atoms with van der Waals surface area (Å²) in [5, 5.41) is 7.54. The molecule has 0 radical (unpaired) electrons. The van der Waals surface area contributed by atoms with E-state index in [1.807, 2.05) is 19.1 Å². The minimum absolute atomic E-state index is 0.0386. The summed E-state index contributed by atoms with van der Waals surface area (Å²) in [5.41, 5.74) is 12.1. The topological polar surface area (TPSA) is 32.8 Å². The van der Waals surface area contributed by atoms with Crippen LogP contribution in [-0.4, -0.2) is 12.6 Å². The molecule has 1 aliphatic rings. The van der Waals surface area contributed by atoms with E-state index in [0.717, 1.165) is 52.4 Å². The fourth-order valence-electron chi connectivity index (χ4n) is 9.23. The second-order valence-corrected chi connectivity index (χ2v) is 16.0. The minimum Gasteiger partial charge on any atom is -0.462 e. The number of carbonyl (C=O) groups is 1. The van der Waals surface area contributed by atoms with Gasteiger partial charge >= 0.3 is 5.97 Å². The van der Waals surface area contributed by atoms with Gasteiger partial charge in [0.25, 0.3) is 0 Å². The Balaban J connectivity index is 1.37. The van der Waals surface area contributed by atoms with Crippen LogP contribution in [0, 0.1) is 0 Å². The predicted molar refractivity (Wildman–Crippen MR) is 242 cm³/mol. The Bertz CT molecular complexity index is 2850. The van der Waals surface area contributed by atoms with E-state index in [0.29, 0.717) is 12.2 Å². The van der Waals surface area contributed by atoms with E-state index in [1.54, 1.807) is 0 Å². The summed E-state index contributed by atoms with van der Waals surface area (Å²) in [6, 6.07) is 62.8. The number of ether oxygens (including phenoxy) is 1. The van der Waals surface area contributed by atoms with E-state index in [-0.39, 0.29) is 11.4 Å². The first-order valence-electron chi connectivity index (χ1n) is 20.3. The van der Waals surface area contributed by atoms with Gasteiger partial charge in [0, 0.05) is 44.3 Å². The fraction of sp³-hybridized carbons (Fsp3) is 0.130. The van der Waals surface area contributed by atoms with Crippen molar-refractivity contribution in [3.05, 3.63) is 193 Å². The van der Waals surface area contributed by atoms with Gasteiger partial charge in [-0.15, -0.1) is 0 Å². The van der Waals surface area contributed by atoms with Gasteiger partial charge < -0.3 is 14.5 Å². The van der Waals surface area contributed by atoms with Crippen molar-refractivity contribution in [1.29, 1.82) is 0 Å². The Labute approximate surface area is 339 Å². The van der Waals surface area contributed by atoms with Crippen LogP contribution < -0.4 is 9.80 Å². The molecular formula is C54H44N2O2. The molecule has 10 rings (SSSR count). The van der Waals surface area contributed by atoms with Crippen molar-refractivity contribution in [2.45, 2.75) is 39.0 Å². The third-order valence-electron chi connectivity index (χ3n) is 12.0. The summed E-state index contributed by atoms with van der Waals surface area (Å²) >= 11 is 0. The predicted octanol–water partition coefficient (Wildman–Crippen LogP) is 14.6. The highest BCUT2D eigenvalue weighted by atomic mass is 16.5. The van der Waals surface area contributed by atoms with Gasteiger partial charge in [0.1, 0.15) is 0 Å². The average molecular weight is 753 g/mol. The molecule has 0 N–H and O–H groups in total. The van der Waals surface area contributed by atoms with Crippen LogP contribution in [-0.2, 0) is 16.6 Å². The van der Waals surface area contributed by atoms with Crippen molar-refractivity contribution < 1.29 is 9.53 Å². The van der Waals surface area contributed by atoms with Crippen molar-refractivity contribution in [2.24, 2.45) is 0 Å². The number of para-hydroxylation sites is 4. The quantitative estimate of drug-likeness (QED) is 0.109. The number of carbonyl (C=O) groups excluding carboxylic acids is 1. The number of hydrogen-bond donors (Lipinski definition) is 0. The van der Waals surface area contributed by atoms with Crippen molar-refractivity contribution in [1.82, 2.24) is 0 Å². The van der Waals surface area contributed by atoms with Crippen molar-refractivity contribution in [2.75, 3.05) is 16.4 Å². The van der Waals surface area contributed by atoms with Crippen LogP contribution in [0.1, 0.15) is 48.7 Å². The van der Waals surface area contributed by atoms with Gasteiger partial charge in [-0.1, -0.05) is 111 Å². The van der Waals surface area contributed by atoms with Gasteiger partial charge in [-0.3, -0.25) is 0 Å². The van der Waals surface area contributed by atoms with E-state index in [1.165, 1.54) is 49.1 Å². The molecule has 0 bridgehead atoms. The molecule has 0 aliphatic heterocycles. The van der Waals surface area contributed by atoms with Gasteiger partial charge in [0.2, 0.25) is 0 Å². The third-order valence-corrected chi connectivity index (χ3v) is 12.0. The molecule has 0 unspecified atom stereocenters. The van der Waals surface area contributed by atoms with Gasteiger partial charge in [-0.25, -0.2) is 4.79 Å². The molecule has 9 aromatic carbocycles. The summed E-state index contributed by atoms with van der Waals surface area (Å²) in [6.45, 7) is 7.00. The minimum atomic E-state index is -0.310. The number of esters is 1. The monoisotopic (exact) mass is 752 g/mol. The Morgan fingerprint density at radius 2 is 1.05 bits per heavy atom. The van der Waals surface area contributed by atoms with Crippen LogP contribution >= 0.6 is 0 Å². The Morgan fingerprint density at radius 1 is 0.552 bits per heavy atom. The number of anilines is 6. The number of rotatable bonds is 9. The van der Waals surface area contributed by atoms with E-state index >= 15 is 0 Å². The van der Waals surface area contributed by atoms with Gasteiger partial charge in [-0.2, -0.15) is 0 Å². The molecule has 0 fully saturated rings. The molecule has 58 heavy (non-hydrogen) atoms. The van der Waals surface area contributed by atoms with Gasteiger partial charge in [-0.05, 0) is 137 Å². The zero-order valence-electron chi connectivity index (χ0n) is 33.1. The molecule has 1 aliphatic carbocycles. The molecule has 4 nitrogen and oxygen atoms in total. The molecule has 0 atom stereocenters. The maximum absolute atomic E-state index is 12.8. The normalized spacial score (nSPS) is 13.2. The van der Waals surface area contributed by atoms with Crippen LogP contribution in [0.4, 0.5) is 34.1 Å². The zero-order chi connectivity index (χ0) is 39.4. The molecule has 0 aromatic heterocycles. The van der Waals surface area contributed by atoms with Crippen LogP contribution in [0.2, 0.25) is 0 Å². The zero-order valence-corrected chi connectivity index (χ0v) is 33.1. The number of benzene rings is 9. The summed E-state index contributed by atoms with van der Waals surface area (Å²) in [5.74, 6) is -0.310. The lowest BCUT2D eigenvalue weighted by molar-refractivity contribution is 0.0526. The molecule has 0 heterocycles. The summed E-state index contributed by atoms with van der Waals surface area (Å²) in [6.07, 6.45) is 2.05. The molecule has 282 valence electrons. The van der Waals surface area contributed by atoms with Crippen LogP contribution in [0.15, 0.2) is 176 Å². The van der Waals surface area contributed by atoms with Crippen molar-refractivity contribution in [3.8, 4) is 11.1 Å². The summed E-state index contributed by atoms with van der Waals surface area (Å²) in [7, 11) is 0. The molecule has 0 amide bonds. The van der Waals surface area contributed by atoms with Gasteiger partial charge in [0.05, 0.1) is 23.5 Å². The smallest absolute Gasteiger partial charge is 0.338 e. The van der Waals surface area contributed by atoms with E-state index in [2.05, 4.69) is 187 Å². The Morgan fingerprint density at radius 3 is 1.57 bits per heavy atom.